The number of halogens is 2. The molecular formula is C12H18Cl2N2O2S2. The molecule has 0 bridgehead atoms. The van der Waals surface area contributed by atoms with Crippen molar-refractivity contribution in [3.05, 3.63) is 14.7 Å². The summed E-state index contributed by atoms with van der Waals surface area (Å²) in [5.74, 6) is 0. The lowest BCUT2D eigenvalue weighted by Crippen LogP contribution is -2.44. The Morgan fingerprint density at radius 2 is 1.95 bits per heavy atom. The minimum atomic E-state index is -3.59. The van der Waals surface area contributed by atoms with Crippen LogP contribution in [0.1, 0.15) is 32.6 Å². The van der Waals surface area contributed by atoms with Gasteiger partial charge in [-0.15, -0.1) is 11.3 Å². The van der Waals surface area contributed by atoms with Crippen LogP contribution in [0, 0.1) is 0 Å². The van der Waals surface area contributed by atoms with Crippen LogP contribution < -0.4 is 5.73 Å². The van der Waals surface area contributed by atoms with E-state index < -0.39 is 10.0 Å². The number of hydrogen-bond acceptors (Lipinski definition) is 4. The molecule has 0 aliphatic heterocycles. The Morgan fingerprint density at radius 3 is 2.40 bits per heavy atom. The lowest BCUT2D eigenvalue weighted by atomic mass is 9.92. The summed E-state index contributed by atoms with van der Waals surface area (Å²) in [5, 5.41) is 0. The highest BCUT2D eigenvalue weighted by Crippen LogP contribution is 2.37. The molecule has 0 unspecified atom stereocenters. The Morgan fingerprint density at radius 1 is 1.35 bits per heavy atom. The molecule has 0 aromatic carbocycles. The van der Waals surface area contributed by atoms with Gasteiger partial charge in [0.1, 0.15) is 9.23 Å². The maximum atomic E-state index is 12.7. The van der Waals surface area contributed by atoms with Crippen LogP contribution in [0.15, 0.2) is 11.0 Å². The van der Waals surface area contributed by atoms with E-state index in [0.717, 1.165) is 37.0 Å². The van der Waals surface area contributed by atoms with Crippen molar-refractivity contribution in [2.24, 2.45) is 5.73 Å². The second kappa shape index (κ2) is 6.50. The molecular weight excluding hydrogens is 339 g/mol. The third-order valence-corrected chi connectivity index (χ3v) is 7.45. The molecule has 1 aliphatic rings. The predicted molar refractivity (Wildman–Crippen MR) is 84.1 cm³/mol. The van der Waals surface area contributed by atoms with Crippen molar-refractivity contribution in [2.75, 3.05) is 6.54 Å². The first kappa shape index (κ1) is 16.5. The second-order valence-electron chi connectivity index (χ2n) is 4.97. The summed E-state index contributed by atoms with van der Waals surface area (Å²) in [7, 11) is -3.59. The third-order valence-electron chi connectivity index (χ3n) is 3.67. The van der Waals surface area contributed by atoms with Gasteiger partial charge in [0.25, 0.3) is 0 Å². The molecule has 1 saturated carbocycles. The van der Waals surface area contributed by atoms with Crippen molar-refractivity contribution in [1.82, 2.24) is 4.31 Å². The van der Waals surface area contributed by atoms with Gasteiger partial charge in [-0.05, 0) is 31.7 Å². The van der Waals surface area contributed by atoms with Gasteiger partial charge in [-0.1, -0.05) is 30.1 Å². The average Bonchev–Trinajstić information content (AvgIpc) is 2.72. The molecule has 8 heteroatoms. The van der Waals surface area contributed by atoms with Crippen LogP contribution in [0.2, 0.25) is 8.67 Å². The lowest BCUT2D eigenvalue weighted by molar-refractivity contribution is 0.247. The number of nitrogens with two attached hydrogens (primary N) is 1. The van der Waals surface area contributed by atoms with Gasteiger partial charge < -0.3 is 5.73 Å². The second-order valence-corrected chi connectivity index (χ2v) is 9.11. The minimum absolute atomic E-state index is 0.000424. The Balaban J connectivity index is 2.28. The van der Waals surface area contributed by atoms with Crippen LogP contribution in [0.5, 0.6) is 0 Å². The summed E-state index contributed by atoms with van der Waals surface area (Å²) < 4.78 is 27.6. The van der Waals surface area contributed by atoms with Crippen molar-refractivity contribution in [2.45, 2.75) is 49.6 Å². The normalized spacial score (nSPS) is 24.2. The molecule has 0 spiro atoms. The van der Waals surface area contributed by atoms with Gasteiger partial charge in [-0.3, -0.25) is 0 Å². The van der Waals surface area contributed by atoms with Gasteiger partial charge in [0.15, 0.2) is 0 Å². The molecule has 4 nitrogen and oxygen atoms in total. The summed E-state index contributed by atoms with van der Waals surface area (Å²) in [4.78, 5) is 0.117. The first-order valence-electron chi connectivity index (χ1n) is 6.58. The number of rotatable bonds is 4. The highest BCUT2D eigenvalue weighted by molar-refractivity contribution is 7.89. The van der Waals surface area contributed by atoms with Crippen molar-refractivity contribution in [3.8, 4) is 0 Å². The summed E-state index contributed by atoms with van der Waals surface area (Å²) in [5.41, 5.74) is 5.88. The first-order chi connectivity index (χ1) is 9.36. The van der Waals surface area contributed by atoms with E-state index in [1.54, 1.807) is 0 Å². The Labute approximate surface area is 133 Å². The van der Waals surface area contributed by atoms with E-state index in [4.69, 9.17) is 28.9 Å². The largest absolute Gasteiger partial charge is 0.328 e. The predicted octanol–water partition coefficient (Wildman–Crippen LogP) is 3.34. The number of sulfonamides is 1. The van der Waals surface area contributed by atoms with Gasteiger partial charge in [0.2, 0.25) is 10.0 Å². The zero-order valence-electron chi connectivity index (χ0n) is 11.2. The first-order valence-corrected chi connectivity index (χ1v) is 9.59. The van der Waals surface area contributed by atoms with E-state index in [1.807, 2.05) is 6.92 Å². The fraction of sp³-hybridized carbons (Fsp3) is 0.667. The highest BCUT2D eigenvalue weighted by Gasteiger charge is 2.34. The van der Waals surface area contributed by atoms with Crippen molar-refractivity contribution < 1.29 is 8.42 Å². The molecule has 0 radical (unpaired) electrons. The minimum Gasteiger partial charge on any atom is -0.328 e. The van der Waals surface area contributed by atoms with Gasteiger partial charge >= 0.3 is 0 Å². The molecule has 1 aromatic heterocycles. The van der Waals surface area contributed by atoms with E-state index in [0.29, 0.717) is 10.9 Å². The van der Waals surface area contributed by atoms with Crippen molar-refractivity contribution >= 4 is 44.6 Å². The Bertz CT molecular complexity index is 566. The zero-order chi connectivity index (χ0) is 14.9. The maximum Gasteiger partial charge on any atom is 0.245 e. The summed E-state index contributed by atoms with van der Waals surface area (Å²) in [6.07, 6.45) is 3.30. The molecule has 0 amide bonds. The highest BCUT2D eigenvalue weighted by atomic mass is 35.5. The smallest absolute Gasteiger partial charge is 0.245 e. The summed E-state index contributed by atoms with van der Waals surface area (Å²) >= 11 is 12.9. The summed E-state index contributed by atoms with van der Waals surface area (Å²) in [6.45, 7) is 2.26. The maximum absolute atomic E-state index is 12.7. The third kappa shape index (κ3) is 3.31. The number of nitrogens with zero attached hydrogens (tertiary/aromatic N) is 1. The Hall–Kier alpha value is 0.150. The van der Waals surface area contributed by atoms with Gasteiger partial charge in [0.05, 0.1) is 4.34 Å². The molecule has 1 fully saturated rings. The van der Waals surface area contributed by atoms with Crippen LogP contribution >= 0.6 is 34.5 Å². The van der Waals surface area contributed by atoms with E-state index >= 15 is 0 Å². The fourth-order valence-electron chi connectivity index (χ4n) is 2.64. The fourth-order valence-corrected chi connectivity index (χ4v) is 6.45. The molecule has 0 saturated heterocycles. The Kier molecular flexibility index (Phi) is 5.37. The van der Waals surface area contributed by atoms with Gasteiger partial charge in [-0.25, -0.2) is 8.42 Å². The van der Waals surface area contributed by atoms with E-state index in [9.17, 15) is 8.42 Å². The van der Waals surface area contributed by atoms with Crippen molar-refractivity contribution in [3.63, 3.8) is 0 Å². The van der Waals surface area contributed by atoms with Crippen LogP contribution in [0.4, 0.5) is 0 Å². The van der Waals surface area contributed by atoms with Crippen LogP contribution in [-0.4, -0.2) is 31.4 Å². The quantitative estimate of drug-likeness (QED) is 0.899. The SMILES string of the molecule is CCN(C1CCC(N)CC1)S(=O)(=O)c1cc(Cl)sc1Cl. The van der Waals surface area contributed by atoms with Crippen LogP contribution in [0.25, 0.3) is 0 Å². The molecule has 2 N–H and O–H groups in total. The number of thiophene rings is 1. The van der Waals surface area contributed by atoms with Gasteiger partial charge in [0, 0.05) is 18.6 Å². The topological polar surface area (TPSA) is 63.4 Å². The molecule has 1 heterocycles. The zero-order valence-corrected chi connectivity index (χ0v) is 14.3. The number of hydrogen-bond donors (Lipinski definition) is 1. The van der Waals surface area contributed by atoms with E-state index in [2.05, 4.69) is 0 Å². The molecule has 0 atom stereocenters. The van der Waals surface area contributed by atoms with E-state index in [-0.39, 0.29) is 21.3 Å². The molecule has 1 aliphatic carbocycles. The van der Waals surface area contributed by atoms with Crippen LogP contribution in [-0.2, 0) is 10.0 Å². The average molecular weight is 357 g/mol. The lowest BCUT2D eigenvalue weighted by Gasteiger charge is -2.34. The monoisotopic (exact) mass is 356 g/mol. The van der Waals surface area contributed by atoms with Gasteiger partial charge in [-0.2, -0.15) is 4.31 Å². The van der Waals surface area contributed by atoms with Crippen molar-refractivity contribution in [1.29, 1.82) is 0 Å². The molecule has 2 rings (SSSR count). The molecule has 20 heavy (non-hydrogen) atoms. The van der Waals surface area contributed by atoms with Crippen LogP contribution in [0.3, 0.4) is 0 Å². The molecule has 114 valence electrons. The molecule has 1 aromatic rings. The standard InChI is InChI=1S/C12H18Cl2N2O2S2/c1-2-16(9-5-3-8(15)4-6-9)20(17,18)10-7-11(13)19-12(10)14/h7-9H,2-6,15H2,1H3. The summed E-state index contributed by atoms with van der Waals surface area (Å²) in [6, 6.07) is 1.62. The van der Waals surface area contributed by atoms with E-state index in [1.165, 1.54) is 10.4 Å².